The molecule has 1 aliphatic carbocycles. The maximum atomic E-state index is 14.9. The van der Waals surface area contributed by atoms with E-state index in [0.717, 1.165) is 52.7 Å². The number of piperazine rings is 1. The van der Waals surface area contributed by atoms with Crippen LogP contribution in [0.1, 0.15) is 61.2 Å². The second-order valence-corrected chi connectivity index (χ2v) is 15.0. The number of pyridine rings is 1. The number of carbonyl (C=O) groups excluding carboxylic acids is 2. The third-order valence-corrected chi connectivity index (χ3v) is 9.69. The van der Waals surface area contributed by atoms with Crippen molar-refractivity contribution in [2.75, 3.05) is 26.2 Å². The lowest BCUT2D eigenvalue weighted by atomic mass is 9.95. The van der Waals surface area contributed by atoms with Gasteiger partial charge < -0.3 is 14.2 Å². The first-order chi connectivity index (χ1) is 23.1. The summed E-state index contributed by atoms with van der Waals surface area (Å²) in [6, 6.07) is 21.3. The van der Waals surface area contributed by atoms with Gasteiger partial charge >= 0.3 is 6.09 Å². The number of nitrogens with zero attached hydrogens (tertiary/aromatic N) is 5. The molecule has 0 saturated carbocycles. The number of amides is 2. The molecule has 3 heterocycles. The molecular formula is C38H43BrClN5O3. The minimum Gasteiger partial charge on any atom is -0.444 e. The van der Waals surface area contributed by atoms with Crippen molar-refractivity contribution < 1.29 is 14.3 Å². The first-order valence-corrected chi connectivity index (χ1v) is 17.8. The van der Waals surface area contributed by atoms with E-state index in [1.165, 1.54) is 5.56 Å². The number of aryl methyl sites for hydroxylation is 3. The number of hydrogen-bond acceptors (Lipinski definition) is 5. The first kappa shape index (κ1) is 34.2. The summed E-state index contributed by atoms with van der Waals surface area (Å²) in [5.74, 6) is -0.0872. The van der Waals surface area contributed by atoms with Crippen molar-refractivity contribution in [3.05, 3.63) is 123 Å². The van der Waals surface area contributed by atoms with Gasteiger partial charge in [0.15, 0.2) is 0 Å². The predicted octanol–water partition coefficient (Wildman–Crippen LogP) is 7.53. The second-order valence-electron chi connectivity index (χ2n) is 13.6. The number of carbonyl (C=O) groups is 2. The maximum Gasteiger partial charge on any atom is 0.411 e. The highest BCUT2D eigenvalue weighted by molar-refractivity contribution is 9.10. The molecule has 0 spiro atoms. The lowest BCUT2D eigenvalue weighted by Gasteiger charge is -2.45. The van der Waals surface area contributed by atoms with E-state index >= 15 is 0 Å². The molecule has 2 amide bonds. The predicted molar refractivity (Wildman–Crippen MR) is 192 cm³/mol. The Hall–Kier alpha value is -3.66. The first-order valence-electron chi connectivity index (χ1n) is 16.7. The zero-order valence-corrected chi connectivity index (χ0v) is 30.2. The van der Waals surface area contributed by atoms with Gasteiger partial charge in [-0.25, -0.2) is 4.79 Å². The van der Waals surface area contributed by atoms with Gasteiger partial charge in [-0.1, -0.05) is 48.0 Å². The third-order valence-electron chi connectivity index (χ3n) is 9.02. The lowest BCUT2D eigenvalue weighted by Crippen LogP contribution is -2.62. The summed E-state index contributed by atoms with van der Waals surface area (Å²) in [5, 5.41) is 0.701. The molecule has 2 atom stereocenters. The smallest absolute Gasteiger partial charge is 0.411 e. The van der Waals surface area contributed by atoms with Crippen LogP contribution in [0.3, 0.4) is 0 Å². The molecule has 2 aromatic heterocycles. The highest BCUT2D eigenvalue weighted by Crippen LogP contribution is 2.39. The van der Waals surface area contributed by atoms with Crippen molar-refractivity contribution in [2.24, 2.45) is 0 Å². The maximum absolute atomic E-state index is 14.9. The molecule has 0 radical (unpaired) electrons. The average Bonchev–Trinajstić information content (AvgIpc) is 3.52. The van der Waals surface area contributed by atoms with E-state index in [0.29, 0.717) is 37.7 Å². The molecule has 2 aliphatic rings. The van der Waals surface area contributed by atoms with E-state index in [1.54, 1.807) is 4.90 Å². The Bertz CT molecular complexity index is 1670. The molecule has 2 aromatic carbocycles. The van der Waals surface area contributed by atoms with Gasteiger partial charge in [0.2, 0.25) is 5.91 Å². The molecule has 1 fully saturated rings. The van der Waals surface area contributed by atoms with Crippen LogP contribution < -0.4 is 0 Å². The van der Waals surface area contributed by atoms with Crippen LogP contribution in [-0.2, 0) is 35.5 Å². The minimum absolute atomic E-state index is 0.0872. The summed E-state index contributed by atoms with van der Waals surface area (Å²) < 4.78 is 8.95. The average molecular weight is 733 g/mol. The molecule has 10 heteroatoms. The molecule has 252 valence electrons. The number of aromatic nitrogens is 2. The van der Waals surface area contributed by atoms with Crippen LogP contribution in [0, 0.1) is 0 Å². The Kier molecular flexibility index (Phi) is 10.6. The van der Waals surface area contributed by atoms with Gasteiger partial charge in [-0.15, -0.1) is 0 Å². The molecular weight excluding hydrogens is 690 g/mol. The fourth-order valence-corrected chi connectivity index (χ4v) is 7.39. The number of hydrogen-bond donors (Lipinski definition) is 0. The summed E-state index contributed by atoms with van der Waals surface area (Å²) in [7, 11) is 0. The van der Waals surface area contributed by atoms with Gasteiger partial charge in [-0.2, -0.15) is 0 Å². The van der Waals surface area contributed by atoms with Crippen LogP contribution >= 0.6 is 27.5 Å². The van der Waals surface area contributed by atoms with E-state index in [2.05, 4.69) is 43.6 Å². The molecule has 6 rings (SSSR count). The Labute approximate surface area is 296 Å². The van der Waals surface area contributed by atoms with Crippen LogP contribution in [0.5, 0.6) is 0 Å². The van der Waals surface area contributed by atoms with E-state index in [-0.39, 0.29) is 11.9 Å². The van der Waals surface area contributed by atoms with Crippen molar-refractivity contribution in [3.63, 3.8) is 0 Å². The minimum atomic E-state index is -0.748. The quantitative estimate of drug-likeness (QED) is 0.188. The normalized spacial score (nSPS) is 18.1. The molecule has 48 heavy (non-hydrogen) atoms. The van der Waals surface area contributed by atoms with E-state index in [4.69, 9.17) is 21.3 Å². The van der Waals surface area contributed by atoms with Crippen LogP contribution in [0.15, 0.2) is 89.8 Å². The summed E-state index contributed by atoms with van der Waals surface area (Å²) in [6.07, 6.45) is 7.90. The van der Waals surface area contributed by atoms with Gasteiger partial charge in [0.1, 0.15) is 11.6 Å². The molecule has 0 bridgehead atoms. The number of benzene rings is 2. The topological polar surface area (TPSA) is 70.9 Å². The zero-order chi connectivity index (χ0) is 33.8. The van der Waals surface area contributed by atoms with Crippen LogP contribution in [0.25, 0.3) is 0 Å². The van der Waals surface area contributed by atoms with E-state index in [1.807, 2.05) is 92.8 Å². The van der Waals surface area contributed by atoms with Crippen molar-refractivity contribution in [2.45, 2.75) is 70.8 Å². The fourth-order valence-electron chi connectivity index (χ4n) is 6.82. The monoisotopic (exact) mass is 731 g/mol. The van der Waals surface area contributed by atoms with Crippen molar-refractivity contribution in [3.8, 4) is 0 Å². The lowest BCUT2D eigenvalue weighted by molar-refractivity contribution is -0.140. The summed E-state index contributed by atoms with van der Waals surface area (Å²) in [5.41, 5.74) is 4.80. The van der Waals surface area contributed by atoms with Crippen LogP contribution in [-0.4, -0.2) is 74.1 Å². The molecule has 1 saturated heterocycles. The SMILES string of the molecule is CC(C)(C)OC(=O)N1CCN([C@H]2c3ccc(Cl)cc3CCc3cc(Br)cnc32)CC1C(=O)N(CCCn1cccc1)Cc1ccccc1. The van der Waals surface area contributed by atoms with Gasteiger partial charge in [-0.05, 0) is 109 Å². The number of ether oxygens (including phenoxy) is 1. The van der Waals surface area contributed by atoms with Crippen LogP contribution in [0.4, 0.5) is 4.79 Å². The Morgan fingerprint density at radius 2 is 1.75 bits per heavy atom. The molecule has 4 aromatic rings. The van der Waals surface area contributed by atoms with Gasteiger partial charge in [0.25, 0.3) is 0 Å². The Balaban J connectivity index is 1.36. The number of halogens is 2. The van der Waals surface area contributed by atoms with Gasteiger partial charge in [0.05, 0.1) is 11.7 Å². The zero-order valence-electron chi connectivity index (χ0n) is 27.8. The fraction of sp³-hybridized carbons (Fsp3) is 0.395. The molecule has 1 unspecified atom stereocenters. The van der Waals surface area contributed by atoms with E-state index in [9.17, 15) is 9.59 Å². The highest BCUT2D eigenvalue weighted by Gasteiger charge is 2.43. The molecule has 1 aliphatic heterocycles. The molecule has 8 nitrogen and oxygen atoms in total. The Morgan fingerprint density at radius 3 is 2.50 bits per heavy atom. The molecule has 0 N–H and O–H groups in total. The second kappa shape index (κ2) is 14.8. The van der Waals surface area contributed by atoms with Crippen molar-refractivity contribution in [1.29, 1.82) is 0 Å². The summed E-state index contributed by atoms with van der Waals surface area (Å²) >= 11 is 10.1. The standard InChI is InChI=1S/C38H43BrClN5O3/c1-38(2,3)48-37(47)45-21-20-43(35-32-15-14-31(40)23-28(32)12-13-29-22-30(39)24-41-34(29)35)26-33(45)36(46)44(25-27-10-5-4-6-11-27)19-9-18-42-16-7-8-17-42/h4-8,10-11,14-17,22-24,33,35H,9,12-13,18-21,25-26H2,1-3H3/t33?,35-/m0/s1. The highest BCUT2D eigenvalue weighted by atomic mass is 79.9. The third kappa shape index (κ3) is 8.13. The number of fused-ring (bicyclic) bond motifs is 2. The van der Waals surface area contributed by atoms with Gasteiger partial charge in [0, 0.05) is 67.4 Å². The van der Waals surface area contributed by atoms with Crippen LogP contribution in [0.2, 0.25) is 5.02 Å². The summed E-state index contributed by atoms with van der Waals surface area (Å²) in [6.45, 7) is 8.60. The van der Waals surface area contributed by atoms with Gasteiger partial charge in [-0.3, -0.25) is 19.6 Å². The largest absolute Gasteiger partial charge is 0.444 e. The van der Waals surface area contributed by atoms with Crippen molar-refractivity contribution >= 4 is 39.5 Å². The Morgan fingerprint density at radius 1 is 1.00 bits per heavy atom. The van der Waals surface area contributed by atoms with E-state index < -0.39 is 17.7 Å². The van der Waals surface area contributed by atoms with Crippen molar-refractivity contribution in [1.82, 2.24) is 24.3 Å². The summed E-state index contributed by atoms with van der Waals surface area (Å²) in [4.78, 5) is 39.5. The number of rotatable bonds is 8.